The van der Waals surface area contributed by atoms with Crippen LogP contribution in [0, 0.1) is 0 Å². The van der Waals surface area contributed by atoms with Gasteiger partial charge in [-0.25, -0.2) is 4.79 Å². The Morgan fingerprint density at radius 3 is 2.36 bits per heavy atom. The number of hydrogen-bond donors (Lipinski definition) is 2. The minimum atomic E-state index is -5.06. The predicted octanol–water partition coefficient (Wildman–Crippen LogP) is -0.631. The van der Waals surface area contributed by atoms with Crippen LogP contribution in [-0.2, 0) is 9.53 Å². The van der Waals surface area contributed by atoms with Gasteiger partial charge in [-0.3, -0.25) is 5.73 Å². The summed E-state index contributed by atoms with van der Waals surface area (Å²) in [7, 11) is 0. The molecule has 0 saturated heterocycles. The van der Waals surface area contributed by atoms with E-state index < -0.39 is 25.0 Å². The molecule has 0 saturated carbocycles. The van der Waals surface area contributed by atoms with Crippen LogP contribution in [0.1, 0.15) is 0 Å². The number of rotatable bonds is 2. The number of hydrogen-bond acceptors (Lipinski definition) is 4. The molecule has 0 aromatic heterocycles. The molecule has 0 aliphatic heterocycles. The van der Waals surface area contributed by atoms with Crippen molar-refractivity contribution in [2.45, 2.75) is 12.4 Å². The molecule has 0 aromatic carbocycles. The Morgan fingerprint density at radius 1 is 1.64 bits per heavy atom. The van der Waals surface area contributed by atoms with Crippen LogP contribution >= 0.6 is 0 Å². The van der Waals surface area contributed by atoms with Crippen LogP contribution in [0.3, 0.4) is 0 Å². The summed E-state index contributed by atoms with van der Waals surface area (Å²) in [6.07, 6.45) is -6.68. The third-order valence-corrected chi connectivity index (χ3v) is 0.670. The lowest BCUT2D eigenvalue weighted by Crippen LogP contribution is -2.36. The largest absolute Gasteiger partial charge is 0.490 e. The van der Waals surface area contributed by atoms with Crippen molar-refractivity contribution in [1.29, 1.82) is 0 Å². The fourth-order valence-corrected chi connectivity index (χ4v) is 0.242. The van der Waals surface area contributed by atoms with Crippen molar-refractivity contribution in [2.24, 2.45) is 5.73 Å². The van der Waals surface area contributed by atoms with Gasteiger partial charge in [-0.1, -0.05) is 0 Å². The predicted molar refractivity (Wildman–Crippen MR) is 27.2 cm³/mol. The lowest BCUT2D eigenvalue weighted by molar-refractivity contribution is -0.206. The average Bonchev–Trinajstić information content (AvgIpc) is 1.85. The standard InChI is InChI=1S/C4H6F3NO3/c5-4(6,7)3(10)11-2(8)1-9/h2,9H,1,8H2. The van der Waals surface area contributed by atoms with Gasteiger partial charge in [0.25, 0.3) is 0 Å². The molecule has 7 heteroatoms. The maximum atomic E-state index is 11.3. The number of nitrogens with two attached hydrogens (primary N) is 1. The molecular formula is C4H6F3NO3. The first-order chi connectivity index (χ1) is 4.88. The van der Waals surface area contributed by atoms with E-state index in [0.29, 0.717) is 0 Å². The fraction of sp³-hybridized carbons (Fsp3) is 0.750. The van der Waals surface area contributed by atoms with Gasteiger partial charge in [-0.2, -0.15) is 13.2 Å². The second-order valence-corrected chi connectivity index (χ2v) is 1.62. The smallest absolute Gasteiger partial charge is 0.438 e. The summed E-state index contributed by atoms with van der Waals surface area (Å²) >= 11 is 0. The van der Waals surface area contributed by atoms with E-state index in [9.17, 15) is 18.0 Å². The van der Waals surface area contributed by atoms with Crippen molar-refractivity contribution < 1.29 is 27.8 Å². The molecule has 0 bridgehead atoms. The van der Waals surface area contributed by atoms with Gasteiger partial charge in [0.05, 0.1) is 6.61 Å². The second kappa shape index (κ2) is 3.54. The fourth-order valence-electron chi connectivity index (χ4n) is 0.242. The van der Waals surface area contributed by atoms with Crippen molar-refractivity contribution in [3.63, 3.8) is 0 Å². The Morgan fingerprint density at radius 2 is 2.09 bits per heavy atom. The number of ether oxygens (including phenoxy) is 1. The summed E-state index contributed by atoms with van der Waals surface area (Å²) in [6.45, 7) is -0.845. The lowest BCUT2D eigenvalue weighted by Gasteiger charge is -2.10. The molecule has 1 unspecified atom stereocenters. The number of alkyl halides is 3. The van der Waals surface area contributed by atoms with E-state index in [2.05, 4.69) is 10.5 Å². The first-order valence-electron chi connectivity index (χ1n) is 2.52. The molecule has 0 aliphatic carbocycles. The second-order valence-electron chi connectivity index (χ2n) is 1.62. The summed E-state index contributed by atoms with van der Waals surface area (Å²) in [5.41, 5.74) is 4.68. The van der Waals surface area contributed by atoms with Crippen molar-refractivity contribution in [3.8, 4) is 0 Å². The highest BCUT2D eigenvalue weighted by Gasteiger charge is 2.41. The summed E-state index contributed by atoms with van der Waals surface area (Å²) < 4.78 is 37.5. The molecule has 66 valence electrons. The Hall–Kier alpha value is -0.820. The zero-order valence-electron chi connectivity index (χ0n) is 5.26. The Balaban J connectivity index is 3.88. The molecule has 0 spiro atoms. The van der Waals surface area contributed by atoms with Crippen LogP contribution < -0.4 is 5.73 Å². The molecule has 0 aromatic rings. The molecule has 1 atom stereocenters. The van der Waals surface area contributed by atoms with E-state index in [1.54, 1.807) is 0 Å². The van der Waals surface area contributed by atoms with E-state index in [1.165, 1.54) is 0 Å². The summed E-state index contributed by atoms with van der Waals surface area (Å²) in [5, 5.41) is 8.08. The quantitative estimate of drug-likeness (QED) is 0.430. The zero-order valence-corrected chi connectivity index (χ0v) is 5.26. The average molecular weight is 173 g/mol. The SMILES string of the molecule is NC(CO)OC(=O)C(F)(F)F. The van der Waals surface area contributed by atoms with Gasteiger partial charge in [0, 0.05) is 0 Å². The number of halogens is 3. The highest BCUT2D eigenvalue weighted by molar-refractivity contribution is 5.75. The van der Waals surface area contributed by atoms with Crippen LogP contribution in [0.15, 0.2) is 0 Å². The zero-order chi connectivity index (χ0) is 9.07. The summed E-state index contributed by atoms with van der Waals surface area (Å²) in [6, 6.07) is 0. The van der Waals surface area contributed by atoms with Gasteiger partial charge in [0.1, 0.15) is 0 Å². The molecule has 0 amide bonds. The first kappa shape index (κ1) is 10.2. The number of carbonyl (C=O) groups is 1. The van der Waals surface area contributed by atoms with Crippen LogP contribution in [0.5, 0.6) is 0 Å². The minimum absolute atomic E-state index is 0.845. The van der Waals surface area contributed by atoms with E-state index in [4.69, 9.17) is 5.11 Å². The Bertz CT molecular complexity index is 146. The topological polar surface area (TPSA) is 72.6 Å². The van der Waals surface area contributed by atoms with Gasteiger partial charge < -0.3 is 9.84 Å². The van der Waals surface area contributed by atoms with E-state index >= 15 is 0 Å². The van der Waals surface area contributed by atoms with Gasteiger partial charge in [0.15, 0.2) is 6.23 Å². The third-order valence-electron chi connectivity index (χ3n) is 0.670. The lowest BCUT2D eigenvalue weighted by atomic mass is 10.6. The molecule has 0 radical (unpaired) electrons. The molecule has 0 heterocycles. The number of aliphatic hydroxyl groups is 1. The third kappa shape index (κ3) is 3.79. The molecule has 4 nitrogen and oxygen atoms in total. The number of aliphatic hydroxyl groups excluding tert-OH is 1. The van der Waals surface area contributed by atoms with E-state index in [-0.39, 0.29) is 0 Å². The molecule has 11 heavy (non-hydrogen) atoms. The highest BCUT2D eigenvalue weighted by atomic mass is 19.4. The Kier molecular flexibility index (Phi) is 3.27. The highest BCUT2D eigenvalue weighted by Crippen LogP contribution is 2.16. The van der Waals surface area contributed by atoms with Gasteiger partial charge in [-0.15, -0.1) is 0 Å². The summed E-state index contributed by atoms with van der Waals surface area (Å²) in [4.78, 5) is 9.90. The number of carbonyl (C=O) groups excluding carboxylic acids is 1. The van der Waals surface area contributed by atoms with Crippen LogP contribution in [0.4, 0.5) is 13.2 Å². The molecular weight excluding hydrogens is 167 g/mol. The minimum Gasteiger partial charge on any atom is -0.438 e. The summed E-state index contributed by atoms with van der Waals surface area (Å²) in [5.74, 6) is -2.40. The van der Waals surface area contributed by atoms with Crippen LogP contribution in [0.2, 0.25) is 0 Å². The van der Waals surface area contributed by atoms with E-state index in [1.807, 2.05) is 0 Å². The monoisotopic (exact) mass is 173 g/mol. The Labute approximate surface area is 59.7 Å². The van der Waals surface area contributed by atoms with Crippen LogP contribution in [0.25, 0.3) is 0 Å². The van der Waals surface area contributed by atoms with Gasteiger partial charge in [0.2, 0.25) is 0 Å². The van der Waals surface area contributed by atoms with Gasteiger partial charge >= 0.3 is 12.1 Å². The van der Waals surface area contributed by atoms with Crippen molar-refractivity contribution in [1.82, 2.24) is 0 Å². The van der Waals surface area contributed by atoms with Crippen molar-refractivity contribution in [3.05, 3.63) is 0 Å². The van der Waals surface area contributed by atoms with Crippen LogP contribution in [-0.4, -0.2) is 30.1 Å². The molecule has 0 fully saturated rings. The van der Waals surface area contributed by atoms with Crippen molar-refractivity contribution in [2.75, 3.05) is 6.61 Å². The molecule has 0 rings (SSSR count). The van der Waals surface area contributed by atoms with Crippen molar-refractivity contribution >= 4 is 5.97 Å². The first-order valence-corrected chi connectivity index (χ1v) is 2.52. The maximum Gasteiger partial charge on any atom is 0.490 e. The van der Waals surface area contributed by atoms with E-state index in [0.717, 1.165) is 0 Å². The van der Waals surface area contributed by atoms with Gasteiger partial charge in [-0.05, 0) is 0 Å². The number of esters is 1. The normalized spacial score (nSPS) is 14.3. The molecule has 3 N–H and O–H groups in total. The maximum absolute atomic E-state index is 11.3. The molecule has 0 aliphatic rings.